The Morgan fingerprint density at radius 3 is 2.68 bits per heavy atom. The molecule has 0 bridgehead atoms. The molecule has 4 rings (SSSR count). The summed E-state index contributed by atoms with van der Waals surface area (Å²) in [7, 11) is 0. The molecule has 146 valence electrons. The molecule has 1 N–H and O–H groups in total. The second kappa shape index (κ2) is 7.95. The summed E-state index contributed by atoms with van der Waals surface area (Å²) in [6.45, 7) is 4.68. The normalized spacial score (nSPS) is 14.5. The predicted octanol–water partition coefficient (Wildman–Crippen LogP) is 3.36. The minimum absolute atomic E-state index is 0.0760. The predicted molar refractivity (Wildman–Crippen MR) is 110 cm³/mol. The number of ether oxygens (including phenoxy) is 1. The van der Waals surface area contributed by atoms with Crippen molar-refractivity contribution in [3.05, 3.63) is 51.9 Å². The number of aromatic nitrogens is 3. The summed E-state index contributed by atoms with van der Waals surface area (Å²) < 4.78 is 7.26. The average Bonchev–Trinajstić information content (AvgIpc) is 3.01. The Morgan fingerprint density at radius 2 is 1.96 bits per heavy atom. The zero-order valence-corrected chi connectivity index (χ0v) is 16.8. The van der Waals surface area contributed by atoms with Crippen molar-refractivity contribution in [2.75, 3.05) is 36.5 Å². The van der Waals surface area contributed by atoms with Crippen molar-refractivity contribution in [2.24, 2.45) is 0 Å². The molecule has 0 aliphatic carbocycles. The van der Waals surface area contributed by atoms with E-state index in [1.807, 2.05) is 11.3 Å². The monoisotopic (exact) mass is 419 g/mol. The summed E-state index contributed by atoms with van der Waals surface area (Å²) in [6, 6.07) is 5.19. The van der Waals surface area contributed by atoms with E-state index in [9.17, 15) is 4.79 Å². The van der Waals surface area contributed by atoms with Crippen LogP contribution in [0.4, 0.5) is 11.6 Å². The number of carbonyl (C=O) groups is 1. The summed E-state index contributed by atoms with van der Waals surface area (Å²) in [6.07, 6.45) is 3.57. The van der Waals surface area contributed by atoms with Gasteiger partial charge in [-0.05, 0) is 24.6 Å². The van der Waals surface area contributed by atoms with Crippen LogP contribution >= 0.6 is 23.2 Å². The molecular weight excluding hydrogens is 401 g/mol. The summed E-state index contributed by atoms with van der Waals surface area (Å²) in [5, 5.41) is 3.88. The van der Waals surface area contributed by atoms with E-state index in [1.165, 1.54) is 0 Å². The Balaban J connectivity index is 1.62. The van der Waals surface area contributed by atoms with E-state index < -0.39 is 0 Å². The third-order valence-corrected chi connectivity index (χ3v) is 5.37. The first-order valence-corrected chi connectivity index (χ1v) is 9.69. The number of morpholine rings is 1. The van der Waals surface area contributed by atoms with Gasteiger partial charge in [0.2, 0.25) is 5.91 Å². The van der Waals surface area contributed by atoms with Crippen molar-refractivity contribution in [3.8, 4) is 0 Å². The van der Waals surface area contributed by atoms with Gasteiger partial charge in [0.05, 0.1) is 25.3 Å². The van der Waals surface area contributed by atoms with Gasteiger partial charge in [-0.2, -0.15) is 0 Å². The maximum absolute atomic E-state index is 12.7. The van der Waals surface area contributed by atoms with E-state index in [0.29, 0.717) is 46.0 Å². The first-order valence-electron chi connectivity index (χ1n) is 8.93. The molecule has 0 radical (unpaired) electrons. The fraction of sp³-hybridized carbons (Fsp3) is 0.316. The quantitative estimate of drug-likeness (QED) is 0.701. The summed E-state index contributed by atoms with van der Waals surface area (Å²) in [5.74, 6) is 1.17. The van der Waals surface area contributed by atoms with E-state index >= 15 is 0 Å². The van der Waals surface area contributed by atoms with Crippen LogP contribution < -0.4 is 10.2 Å². The Kier molecular flexibility index (Phi) is 5.39. The lowest BCUT2D eigenvalue weighted by molar-refractivity contribution is -0.115. The highest BCUT2D eigenvalue weighted by molar-refractivity contribution is 6.36. The van der Waals surface area contributed by atoms with E-state index in [-0.39, 0.29) is 12.3 Å². The highest BCUT2D eigenvalue weighted by atomic mass is 35.5. The number of imidazole rings is 1. The first kappa shape index (κ1) is 19.0. The fourth-order valence-corrected chi connectivity index (χ4v) is 3.80. The molecule has 3 heterocycles. The summed E-state index contributed by atoms with van der Waals surface area (Å²) in [4.78, 5) is 23.9. The number of carbonyl (C=O) groups excluding carboxylic acids is 1. The molecule has 2 aromatic heterocycles. The van der Waals surface area contributed by atoms with Crippen LogP contribution in [0.1, 0.15) is 11.3 Å². The smallest absolute Gasteiger partial charge is 0.230 e. The van der Waals surface area contributed by atoms with Gasteiger partial charge in [-0.25, -0.2) is 9.97 Å². The number of nitrogens with one attached hydrogen (secondary N) is 1. The van der Waals surface area contributed by atoms with Gasteiger partial charge in [-0.1, -0.05) is 29.3 Å². The van der Waals surface area contributed by atoms with Crippen LogP contribution in [0.5, 0.6) is 0 Å². The van der Waals surface area contributed by atoms with Gasteiger partial charge in [0.1, 0.15) is 5.82 Å². The third-order valence-electron chi connectivity index (χ3n) is 4.67. The molecule has 28 heavy (non-hydrogen) atoms. The molecule has 1 amide bonds. The maximum Gasteiger partial charge on any atom is 0.230 e. The highest BCUT2D eigenvalue weighted by Crippen LogP contribution is 2.27. The molecule has 0 spiro atoms. The van der Waals surface area contributed by atoms with E-state index in [4.69, 9.17) is 27.9 Å². The maximum atomic E-state index is 12.7. The Morgan fingerprint density at radius 1 is 1.25 bits per heavy atom. The second-order valence-corrected chi connectivity index (χ2v) is 7.33. The van der Waals surface area contributed by atoms with Gasteiger partial charge >= 0.3 is 0 Å². The SMILES string of the molecule is Cc1nc2c(N3CCOCC3)nccn2c1NC(=O)Cc1c(Cl)cccc1Cl. The minimum Gasteiger partial charge on any atom is -0.378 e. The van der Waals surface area contributed by atoms with Crippen LogP contribution in [0, 0.1) is 6.92 Å². The molecule has 1 aliphatic rings. The van der Waals surface area contributed by atoms with Crippen molar-refractivity contribution in [3.63, 3.8) is 0 Å². The van der Waals surface area contributed by atoms with E-state index in [0.717, 1.165) is 18.9 Å². The van der Waals surface area contributed by atoms with Crippen LogP contribution in [0.25, 0.3) is 5.65 Å². The molecule has 0 saturated carbocycles. The fourth-order valence-electron chi connectivity index (χ4n) is 3.26. The molecule has 1 saturated heterocycles. The van der Waals surface area contributed by atoms with Crippen molar-refractivity contribution in [1.82, 2.24) is 14.4 Å². The third kappa shape index (κ3) is 3.65. The summed E-state index contributed by atoms with van der Waals surface area (Å²) in [5.41, 5.74) is 2.01. The number of fused-ring (bicyclic) bond motifs is 1. The molecule has 0 atom stereocenters. The van der Waals surface area contributed by atoms with E-state index in [1.54, 1.807) is 30.6 Å². The standard InChI is InChI=1S/C19H19Cl2N5O2/c1-12-17(24-16(27)11-13-14(20)3-2-4-15(13)21)26-6-5-22-18(19(26)23-12)25-7-9-28-10-8-25/h2-6H,7-11H2,1H3,(H,24,27). The van der Waals surface area contributed by atoms with Gasteiger partial charge in [-0.3, -0.25) is 9.20 Å². The molecular formula is C19H19Cl2N5O2. The van der Waals surface area contributed by atoms with Crippen molar-refractivity contribution in [2.45, 2.75) is 13.3 Å². The van der Waals surface area contributed by atoms with Crippen LogP contribution in [0.2, 0.25) is 10.0 Å². The lowest BCUT2D eigenvalue weighted by atomic mass is 10.1. The Bertz CT molecular complexity index is 1010. The zero-order chi connectivity index (χ0) is 19.7. The second-order valence-electron chi connectivity index (χ2n) is 6.51. The number of benzene rings is 1. The largest absolute Gasteiger partial charge is 0.378 e. The summed E-state index contributed by atoms with van der Waals surface area (Å²) >= 11 is 12.4. The number of rotatable bonds is 4. The molecule has 0 unspecified atom stereocenters. The number of aryl methyl sites for hydroxylation is 1. The first-order chi connectivity index (χ1) is 13.5. The van der Waals surface area contributed by atoms with Crippen LogP contribution in [0.15, 0.2) is 30.6 Å². The Labute approximate surface area is 172 Å². The molecule has 1 aromatic carbocycles. The minimum atomic E-state index is -0.218. The molecule has 1 aliphatic heterocycles. The molecule has 9 heteroatoms. The van der Waals surface area contributed by atoms with Gasteiger partial charge < -0.3 is 15.0 Å². The topological polar surface area (TPSA) is 71.8 Å². The van der Waals surface area contributed by atoms with Crippen molar-refractivity contribution in [1.29, 1.82) is 0 Å². The number of anilines is 2. The molecule has 1 fully saturated rings. The van der Waals surface area contributed by atoms with Gasteiger partial charge in [0.15, 0.2) is 11.5 Å². The van der Waals surface area contributed by atoms with Gasteiger partial charge in [0.25, 0.3) is 0 Å². The Hall–Kier alpha value is -2.35. The van der Waals surface area contributed by atoms with Crippen LogP contribution in [-0.2, 0) is 16.0 Å². The average molecular weight is 420 g/mol. The number of amides is 1. The van der Waals surface area contributed by atoms with Crippen LogP contribution in [0.3, 0.4) is 0 Å². The number of hydrogen-bond donors (Lipinski definition) is 1. The lowest BCUT2D eigenvalue weighted by Crippen LogP contribution is -2.37. The van der Waals surface area contributed by atoms with Crippen LogP contribution in [-0.4, -0.2) is 46.6 Å². The van der Waals surface area contributed by atoms with Gasteiger partial charge in [0, 0.05) is 35.5 Å². The lowest BCUT2D eigenvalue weighted by Gasteiger charge is -2.27. The van der Waals surface area contributed by atoms with Gasteiger partial charge in [-0.15, -0.1) is 0 Å². The molecule has 7 nitrogen and oxygen atoms in total. The highest BCUT2D eigenvalue weighted by Gasteiger charge is 2.20. The number of nitrogens with zero attached hydrogens (tertiary/aromatic N) is 4. The van der Waals surface area contributed by atoms with E-state index in [2.05, 4.69) is 20.2 Å². The van der Waals surface area contributed by atoms with Crippen molar-refractivity contribution >= 4 is 46.4 Å². The zero-order valence-electron chi connectivity index (χ0n) is 15.3. The number of hydrogen-bond acceptors (Lipinski definition) is 5. The number of halogens is 2. The molecule has 3 aromatic rings. The van der Waals surface area contributed by atoms with Crippen molar-refractivity contribution < 1.29 is 9.53 Å².